The topological polar surface area (TPSA) is 37.3 Å². The van der Waals surface area contributed by atoms with E-state index in [9.17, 15) is 9.90 Å². The molecule has 1 fully saturated rings. The van der Waals surface area contributed by atoms with Crippen molar-refractivity contribution in [2.45, 2.75) is 44.4 Å². The molecule has 1 N–H and O–H groups in total. The number of benzene rings is 1. The van der Waals surface area contributed by atoms with Crippen LogP contribution < -0.4 is 0 Å². The normalized spacial score (nSPS) is 19.1. The van der Waals surface area contributed by atoms with Crippen LogP contribution in [0.15, 0.2) is 24.3 Å². The van der Waals surface area contributed by atoms with Gasteiger partial charge in [0.25, 0.3) is 0 Å². The van der Waals surface area contributed by atoms with Gasteiger partial charge in [-0.1, -0.05) is 38.1 Å². The van der Waals surface area contributed by atoms with Crippen LogP contribution in [0.3, 0.4) is 0 Å². The van der Waals surface area contributed by atoms with E-state index in [-0.39, 0.29) is 0 Å². The first kappa shape index (κ1) is 11.2. The summed E-state index contributed by atoms with van der Waals surface area (Å²) in [4.78, 5) is 11.2. The Balaban J connectivity index is 2.23. The quantitative estimate of drug-likeness (QED) is 0.841. The lowest BCUT2D eigenvalue weighted by molar-refractivity contribution is -0.140. The molecular weight excluding hydrogens is 200 g/mol. The Labute approximate surface area is 96.3 Å². The molecule has 0 radical (unpaired) electrons. The van der Waals surface area contributed by atoms with Gasteiger partial charge in [-0.25, -0.2) is 0 Å². The maximum atomic E-state index is 11.2. The molecule has 2 nitrogen and oxygen atoms in total. The van der Waals surface area contributed by atoms with Crippen LogP contribution in [0.5, 0.6) is 0 Å². The Hall–Kier alpha value is -1.31. The molecule has 16 heavy (non-hydrogen) atoms. The molecule has 0 spiro atoms. The van der Waals surface area contributed by atoms with Crippen molar-refractivity contribution < 1.29 is 9.90 Å². The summed E-state index contributed by atoms with van der Waals surface area (Å²) >= 11 is 0. The first-order valence-corrected chi connectivity index (χ1v) is 5.94. The van der Waals surface area contributed by atoms with Gasteiger partial charge in [0.15, 0.2) is 0 Å². The molecule has 1 saturated carbocycles. The molecule has 1 aromatic rings. The fourth-order valence-electron chi connectivity index (χ4n) is 2.12. The zero-order valence-corrected chi connectivity index (χ0v) is 9.86. The number of rotatable bonds is 4. The number of carboxylic acids is 1. The zero-order chi connectivity index (χ0) is 11.8. The first-order chi connectivity index (χ1) is 7.60. The predicted octanol–water partition coefficient (Wildman–Crippen LogP) is 3.32. The minimum Gasteiger partial charge on any atom is -0.481 e. The molecule has 0 saturated heterocycles. The van der Waals surface area contributed by atoms with E-state index in [1.165, 1.54) is 5.56 Å². The molecule has 2 heteroatoms. The van der Waals surface area contributed by atoms with E-state index in [0.717, 1.165) is 24.8 Å². The van der Waals surface area contributed by atoms with Gasteiger partial charge in [-0.15, -0.1) is 0 Å². The second-order valence-corrected chi connectivity index (χ2v) is 4.82. The molecule has 1 aliphatic rings. The Kier molecular flexibility index (Phi) is 2.75. The van der Waals surface area contributed by atoms with Crippen molar-refractivity contribution in [1.29, 1.82) is 0 Å². The maximum Gasteiger partial charge on any atom is 0.314 e. The molecule has 1 atom stereocenters. The summed E-state index contributed by atoms with van der Waals surface area (Å²) in [6.07, 6.45) is 2.68. The van der Waals surface area contributed by atoms with Crippen LogP contribution in [0.4, 0.5) is 0 Å². The first-order valence-electron chi connectivity index (χ1n) is 5.94. The molecule has 1 aliphatic carbocycles. The molecule has 2 rings (SSSR count). The van der Waals surface area contributed by atoms with Crippen LogP contribution in [0, 0.1) is 0 Å². The zero-order valence-electron chi connectivity index (χ0n) is 9.86. The molecule has 1 aromatic carbocycles. The van der Waals surface area contributed by atoms with Gasteiger partial charge in [0.1, 0.15) is 0 Å². The monoisotopic (exact) mass is 218 g/mol. The number of hydrogen-bond acceptors (Lipinski definition) is 1. The van der Waals surface area contributed by atoms with Crippen LogP contribution in [0.2, 0.25) is 0 Å². The van der Waals surface area contributed by atoms with Gasteiger partial charge in [0, 0.05) is 0 Å². The molecule has 0 bridgehead atoms. The molecule has 0 aromatic heterocycles. The van der Waals surface area contributed by atoms with Gasteiger partial charge in [0.2, 0.25) is 0 Å². The number of aliphatic carboxylic acids is 1. The minimum absolute atomic E-state index is 0.550. The van der Waals surface area contributed by atoms with Crippen molar-refractivity contribution in [2.24, 2.45) is 0 Å². The Morgan fingerprint density at radius 3 is 2.31 bits per heavy atom. The van der Waals surface area contributed by atoms with Gasteiger partial charge in [-0.2, -0.15) is 0 Å². The molecule has 0 heterocycles. The highest BCUT2D eigenvalue weighted by Gasteiger charge is 2.51. The number of carboxylic acid groups (broad SMARTS) is 1. The van der Waals surface area contributed by atoms with E-state index < -0.39 is 11.4 Å². The molecule has 86 valence electrons. The fraction of sp³-hybridized carbons (Fsp3) is 0.500. The standard InChI is InChI=1S/C14H18O2/c1-3-10(2)11-4-6-12(7-5-11)14(8-9-14)13(15)16/h4-7,10H,3,8-9H2,1-2H3,(H,15,16). The second-order valence-electron chi connectivity index (χ2n) is 4.82. The summed E-state index contributed by atoms with van der Waals surface area (Å²) < 4.78 is 0. The Morgan fingerprint density at radius 1 is 1.38 bits per heavy atom. The third-order valence-electron chi connectivity index (χ3n) is 3.80. The van der Waals surface area contributed by atoms with Gasteiger partial charge < -0.3 is 5.11 Å². The average molecular weight is 218 g/mol. The van der Waals surface area contributed by atoms with Crippen molar-refractivity contribution in [1.82, 2.24) is 0 Å². The third-order valence-corrected chi connectivity index (χ3v) is 3.80. The molecule has 0 aliphatic heterocycles. The second kappa shape index (κ2) is 3.93. The summed E-state index contributed by atoms with van der Waals surface area (Å²) in [7, 11) is 0. The van der Waals surface area contributed by atoms with Crippen molar-refractivity contribution in [3.63, 3.8) is 0 Å². The molecular formula is C14H18O2. The van der Waals surface area contributed by atoms with Crippen LogP contribution in [-0.2, 0) is 10.2 Å². The summed E-state index contributed by atoms with van der Waals surface area (Å²) in [6, 6.07) is 8.13. The van der Waals surface area contributed by atoms with E-state index in [4.69, 9.17) is 0 Å². The minimum atomic E-state index is -0.677. The van der Waals surface area contributed by atoms with E-state index in [1.807, 2.05) is 12.1 Å². The van der Waals surface area contributed by atoms with E-state index >= 15 is 0 Å². The van der Waals surface area contributed by atoms with E-state index in [0.29, 0.717) is 5.92 Å². The summed E-state index contributed by atoms with van der Waals surface area (Å²) in [6.45, 7) is 4.36. The van der Waals surface area contributed by atoms with Gasteiger partial charge >= 0.3 is 5.97 Å². The lowest BCUT2D eigenvalue weighted by Gasteiger charge is -2.13. The van der Waals surface area contributed by atoms with Crippen molar-refractivity contribution >= 4 is 5.97 Å². The van der Waals surface area contributed by atoms with E-state index in [2.05, 4.69) is 26.0 Å². The lowest BCUT2D eigenvalue weighted by Crippen LogP contribution is -2.19. The van der Waals surface area contributed by atoms with Crippen LogP contribution in [0.1, 0.15) is 50.2 Å². The van der Waals surface area contributed by atoms with Crippen LogP contribution in [-0.4, -0.2) is 11.1 Å². The highest BCUT2D eigenvalue weighted by Crippen LogP contribution is 2.48. The number of hydrogen-bond donors (Lipinski definition) is 1. The predicted molar refractivity (Wildman–Crippen MR) is 63.7 cm³/mol. The highest BCUT2D eigenvalue weighted by atomic mass is 16.4. The van der Waals surface area contributed by atoms with Crippen molar-refractivity contribution in [3.8, 4) is 0 Å². The molecule has 0 amide bonds. The van der Waals surface area contributed by atoms with Crippen molar-refractivity contribution in [2.75, 3.05) is 0 Å². The average Bonchev–Trinajstić information content (AvgIpc) is 3.09. The fourth-order valence-corrected chi connectivity index (χ4v) is 2.12. The SMILES string of the molecule is CCC(C)c1ccc(C2(C(=O)O)CC2)cc1. The maximum absolute atomic E-state index is 11.2. The smallest absolute Gasteiger partial charge is 0.314 e. The van der Waals surface area contributed by atoms with Gasteiger partial charge in [-0.05, 0) is 36.3 Å². The highest BCUT2D eigenvalue weighted by molar-refractivity contribution is 5.84. The Morgan fingerprint density at radius 2 is 1.94 bits per heavy atom. The van der Waals surface area contributed by atoms with Crippen LogP contribution >= 0.6 is 0 Å². The summed E-state index contributed by atoms with van der Waals surface area (Å²) in [5, 5.41) is 9.18. The van der Waals surface area contributed by atoms with Gasteiger partial charge in [-0.3, -0.25) is 4.79 Å². The van der Waals surface area contributed by atoms with Crippen LogP contribution in [0.25, 0.3) is 0 Å². The Bertz CT molecular complexity index is 388. The van der Waals surface area contributed by atoms with E-state index in [1.54, 1.807) is 0 Å². The third kappa shape index (κ3) is 1.73. The largest absolute Gasteiger partial charge is 0.481 e. The number of carbonyl (C=O) groups is 1. The summed E-state index contributed by atoms with van der Waals surface area (Å²) in [5.41, 5.74) is 1.70. The summed E-state index contributed by atoms with van der Waals surface area (Å²) in [5.74, 6) is -0.127. The van der Waals surface area contributed by atoms with Gasteiger partial charge in [0.05, 0.1) is 5.41 Å². The lowest BCUT2D eigenvalue weighted by atomic mass is 9.92. The van der Waals surface area contributed by atoms with Crippen molar-refractivity contribution in [3.05, 3.63) is 35.4 Å². The molecule has 1 unspecified atom stereocenters.